The highest BCUT2D eigenvalue weighted by molar-refractivity contribution is 7.90. The van der Waals surface area contributed by atoms with E-state index >= 15 is 0 Å². The minimum absolute atomic E-state index is 0.198. The molecular weight excluding hydrogens is 194 g/mol. The summed E-state index contributed by atoms with van der Waals surface area (Å²) in [4.78, 5) is 0. The summed E-state index contributed by atoms with van der Waals surface area (Å²) in [7, 11) is -3.52. The van der Waals surface area contributed by atoms with E-state index in [-0.39, 0.29) is 13.1 Å². The molecule has 0 atom stereocenters. The van der Waals surface area contributed by atoms with Gasteiger partial charge in [0.05, 0.1) is 6.20 Å². The lowest BCUT2D eigenvalue weighted by Crippen LogP contribution is -2.34. The maximum absolute atomic E-state index is 11.1. The number of nitrogens with one attached hydrogen (secondary N) is 3. The predicted octanol–water partition coefficient (Wildman–Crippen LogP) is -1.39. The van der Waals surface area contributed by atoms with E-state index in [0.29, 0.717) is 5.82 Å². The Morgan fingerprint density at radius 2 is 2.38 bits per heavy atom. The van der Waals surface area contributed by atoms with Crippen LogP contribution in [0.1, 0.15) is 0 Å². The van der Waals surface area contributed by atoms with Crippen molar-refractivity contribution in [2.75, 3.05) is 17.8 Å². The van der Waals surface area contributed by atoms with Gasteiger partial charge in [0, 0.05) is 19.2 Å². The van der Waals surface area contributed by atoms with E-state index in [1.807, 2.05) is 0 Å². The van der Waals surface area contributed by atoms with Crippen LogP contribution in [0.15, 0.2) is 12.3 Å². The second-order valence-electron chi connectivity index (χ2n) is 2.26. The SMILES string of the molecule is NCCNS(=O)(=O)Nc1ccn[nH]1. The highest BCUT2D eigenvalue weighted by atomic mass is 32.2. The van der Waals surface area contributed by atoms with Gasteiger partial charge in [-0.25, -0.2) is 0 Å². The summed E-state index contributed by atoms with van der Waals surface area (Å²) < 4.78 is 26.7. The molecule has 0 saturated heterocycles. The van der Waals surface area contributed by atoms with Crippen LogP contribution in [0.2, 0.25) is 0 Å². The van der Waals surface area contributed by atoms with Gasteiger partial charge in [-0.2, -0.15) is 18.2 Å². The Kier molecular flexibility index (Phi) is 3.23. The van der Waals surface area contributed by atoms with Crippen molar-refractivity contribution in [2.24, 2.45) is 5.73 Å². The average molecular weight is 205 g/mol. The molecule has 0 aliphatic carbocycles. The van der Waals surface area contributed by atoms with Crippen LogP contribution in [-0.4, -0.2) is 31.7 Å². The third-order valence-electron chi connectivity index (χ3n) is 1.18. The van der Waals surface area contributed by atoms with E-state index < -0.39 is 10.2 Å². The van der Waals surface area contributed by atoms with Crippen molar-refractivity contribution in [3.8, 4) is 0 Å². The lowest BCUT2D eigenvalue weighted by Gasteiger charge is -2.05. The molecule has 0 bridgehead atoms. The van der Waals surface area contributed by atoms with Crippen molar-refractivity contribution < 1.29 is 8.42 Å². The van der Waals surface area contributed by atoms with Crippen LogP contribution in [0.5, 0.6) is 0 Å². The summed E-state index contributed by atoms with van der Waals surface area (Å²) in [6.45, 7) is 0.452. The molecular formula is C5H11N5O2S. The number of aromatic nitrogens is 2. The van der Waals surface area contributed by atoms with Crippen molar-refractivity contribution in [3.05, 3.63) is 12.3 Å². The van der Waals surface area contributed by atoms with Crippen molar-refractivity contribution >= 4 is 16.0 Å². The first-order valence-corrected chi connectivity index (χ1v) is 5.09. The van der Waals surface area contributed by atoms with Crippen LogP contribution in [0, 0.1) is 0 Å². The van der Waals surface area contributed by atoms with Gasteiger partial charge in [-0.15, -0.1) is 0 Å². The molecule has 1 rings (SSSR count). The lowest BCUT2D eigenvalue weighted by atomic mass is 10.7. The Balaban J connectivity index is 2.53. The Bertz CT molecular complexity index is 332. The van der Waals surface area contributed by atoms with Gasteiger partial charge in [-0.05, 0) is 0 Å². The smallest absolute Gasteiger partial charge is 0.300 e. The molecule has 1 aromatic rings. The van der Waals surface area contributed by atoms with Gasteiger partial charge in [0.1, 0.15) is 5.82 Å². The molecule has 0 aliphatic heterocycles. The number of hydrogen-bond donors (Lipinski definition) is 4. The van der Waals surface area contributed by atoms with Crippen LogP contribution in [-0.2, 0) is 10.2 Å². The summed E-state index contributed by atoms with van der Waals surface area (Å²) in [6, 6.07) is 1.50. The topological polar surface area (TPSA) is 113 Å². The van der Waals surface area contributed by atoms with Crippen molar-refractivity contribution in [2.45, 2.75) is 0 Å². The van der Waals surface area contributed by atoms with Gasteiger partial charge in [0.25, 0.3) is 10.2 Å². The first-order chi connectivity index (χ1) is 6.14. The van der Waals surface area contributed by atoms with Gasteiger partial charge in [-0.1, -0.05) is 0 Å². The van der Waals surface area contributed by atoms with Crippen LogP contribution >= 0.6 is 0 Å². The number of aromatic amines is 1. The summed E-state index contributed by atoms with van der Waals surface area (Å²) in [5, 5.41) is 6.04. The fourth-order valence-corrected chi connectivity index (χ4v) is 1.55. The normalized spacial score (nSPS) is 11.5. The van der Waals surface area contributed by atoms with Gasteiger partial charge in [0.2, 0.25) is 0 Å². The van der Waals surface area contributed by atoms with Crippen molar-refractivity contribution in [1.29, 1.82) is 0 Å². The summed E-state index contributed by atoms with van der Waals surface area (Å²) in [5.41, 5.74) is 5.13. The fraction of sp³-hybridized carbons (Fsp3) is 0.400. The molecule has 0 saturated carbocycles. The number of nitrogens with two attached hydrogens (primary N) is 1. The zero-order valence-electron chi connectivity index (χ0n) is 6.82. The van der Waals surface area contributed by atoms with E-state index in [4.69, 9.17) is 5.73 Å². The minimum Gasteiger partial charge on any atom is -0.329 e. The Morgan fingerprint density at radius 3 is 2.92 bits per heavy atom. The quantitative estimate of drug-likeness (QED) is 0.474. The number of rotatable bonds is 5. The molecule has 0 spiro atoms. The van der Waals surface area contributed by atoms with E-state index in [1.54, 1.807) is 0 Å². The summed E-state index contributed by atoms with van der Waals surface area (Å²) in [6.07, 6.45) is 1.45. The second-order valence-corrected chi connectivity index (χ2v) is 3.76. The molecule has 0 fully saturated rings. The number of hydrogen-bond acceptors (Lipinski definition) is 4. The maximum atomic E-state index is 11.1. The maximum Gasteiger partial charge on any atom is 0.300 e. The van der Waals surface area contributed by atoms with Gasteiger partial charge >= 0.3 is 0 Å². The molecule has 8 heteroatoms. The first kappa shape index (κ1) is 9.96. The molecule has 1 heterocycles. The molecule has 74 valence electrons. The van der Waals surface area contributed by atoms with Crippen LogP contribution < -0.4 is 15.2 Å². The predicted molar refractivity (Wildman–Crippen MR) is 48.2 cm³/mol. The third kappa shape index (κ3) is 3.40. The molecule has 13 heavy (non-hydrogen) atoms. The first-order valence-electron chi connectivity index (χ1n) is 3.61. The highest BCUT2D eigenvalue weighted by Crippen LogP contribution is 1.99. The molecule has 5 N–H and O–H groups in total. The number of H-pyrrole nitrogens is 1. The Hall–Kier alpha value is -1.12. The number of anilines is 1. The van der Waals surface area contributed by atoms with Gasteiger partial charge in [0.15, 0.2) is 0 Å². The summed E-state index contributed by atoms with van der Waals surface area (Å²) in [5.74, 6) is 0.310. The Labute approximate surface area is 75.9 Å². The zero-order chi connectivity index (χ0) is 9.73. The van der Waals surface area contributed by atoms with Crippen LogP contribution in [0.25, 0.3) is 0 Å². The lowest BCUT2D eigenvalue weighted by molar-refractivity contribution is 0.587. The van der Waals surface area contributed by atoms with Gasteiger partial charge < -0.3 is 5.73 Å². The van der Waals surface area contributed by atoms with Crippen LogP contribution in [0.4, 0.5) is 5.82 Å². The van der Waals surface area contributed by atoms with Crippen molar-refractivity contribution in [3.63, 3.8) is 0 Å². The second kappa shape index (κ2) is 4.21. The van der Waals surface area contributed by atoms with E-state index in [0.717, 1.165) is 0 Å². The van der Waals surface area contributed by atoms with Crippen LogP contribution in [0.3, 0.4) is 0 Å². The molecule has 7 nitrogen and oxygen atoms in total. The monoisotopic (exact) mass is 205 g/mol. The molecule has 0 radical (unpaired) electrons. The highest BCUT2D eigenvalue weighted by Gasteiger charge is 2.08. The number of nitrogens with zero attached hydrogens (tertiary/aromatic N) is 1. The largest absolute Gasteiger partial charge is 0.329 e. The Morgan fingerprint density at radius 1 is 1.62 bits per heavy atom. The van der Waals surface area contributed by atoms with E-state index in [2.05, 4.69) is 19.6 Å². The summed E-state index contributed by atoms with van der Waals surface area (Å²) >= 11 is 0. The molecule has 1 aromatic heterocycles. The molecule has 0 amide bonds. The molecule has 0 aliphatic rings. The standard InChI is InChI=1S/C5H11N5O2S/c6-2-4-8-13(11,12)10-5-1-3-7-9-5/h1,3,8H,2,4,6H2,(H2,7,9,10). The average Bonchev–Trinajstić information content (AvgIpc) is 2.52. The molecule has 0 unspecified atom stereocenters. The minimum atomic E-state index is -3.52. The van der Waals surface area contributed by atoms with Crippen molar-refractivity contribution in [1.82, 2.24) is 14.9 Å². The zero-order valence-corrected chi connectivity index (χ0v) is 7.63. The van der Waals surface area contributed by atoms with E-state index in [1.165, 1.54) is 12.3 Å². The third-order valence-corrected chi connectivity index (χ3v) is 2.25. The van der Waals surface area contributed by atoms with Gasteiger partial charge in [-0.3, -0.25) is 9.82 Å². The van der Waals surface area contributed by atoms with E-state index in [9.17, 15) is 8.42 Å². The molecule has 0 aromatic carbocycles. The fourth-order valence-electron chi connectivity index (χ4n) is 0.687.